The van der Waals surface area contributed by atoms with Gasteiger partial charge in [0.15, 0.2) is 0 Å². The lowest BCUT2D eigenvalue weighted by Crippen LogP contribution is -2.49. The molecule has 7 rings (SSSR count). The van der Waals surface area contributed by atoms with Crippen molar-refractivity contribution in [2.45, 2.75) is 50.4 Å². The lowest BCUT2D eigenvalue weighted by molar-refractivity contribution is -0.00770. The molecule has 0 atom stereocenters. The van der Waals surface area contributed by atoms with Gasteiger partial charge >= 0.3 is 0 Å². The Labute approximate surface area is 164 Å². The van der Waals surface area contributed by atoms with E-state index in [0.717, 1.165) is 42.2 Å². The third-order valence-electron chi connectivity index (χ3n) is 7.33. The van der Waals surface area contributed by atoms with E-state index in [9.17, 15) is 0 Å². The van der Waals surface area contributed by atoms with Gasteiger partial charge < -0.3 is 5.32 Å². The first-order valence-electron chi connectivity index (χ1n) is 9.93. The van der Waals surface area contributed by atoms with Gasteiger partial charge in [0, 0.05) is 22.5 Å². The lowest BCUT2D eigenvalue weighted by Gasteiger charge is -2.56. The van der Waals surface area contributed by atoms with E-state index < -0.39 is 0 Å². The fourth-order valence-electron chi connectivity index (χ4n) is 6.83. The van der Waals surface area contributed by atoms with Gasteiger partial charge in [-0.1, -0.05) is 23.2 Å². The van der Waals surface area contributed by atoms with E-state index in [4.69, 9.17) is 28.3 Å². The highest BCUT2D eigenvalue weighted by Crippen LogP contribution is 2.61. The van der Waals surface area contributed by atoms with Crippen LogP contribution in [0.1, 0.15) is 49.8 Å². The molecule has 0 spiro atoms. The van der Waals surface area contributed by atoms with Crippen molar-refractivity contribution in [3.8, 4) is 5.69 Å². The SMILES string of the molecule is Clc1ccc(-n2nc(C34CC5CC(CC(C5)C3)C4)c3c2NCC3)c(Cl)c1. The van der Waals surface area contributed by atoms with Gasteiger partial charge in [-0.15, -0.1) is 0 Å². The maximum atomic E-state index is 6.52. The molecule has 1 aliphatic heterocycles. The minimum absolute atomic E-state index is 0.314. The third-order valence-corrected chi connectivity index (χ3v) is 7.87. The van der Waals surface area contributed by atoms with Crippen molar-refractivity contribution in [1.29, 1.82) is 0 Å². The standard InChI is InChI=1S/C21H23Cl2N3/c22-15-1-2-18(17(23)8-15)26-20-16(3-4-24-20)19(25-26)21-9-12-5-13(10-21)7-14(6-12)11-21/h1-2,8,12-14,24H,3-7,9-11H2. The summed E-state index contributed by atoms with van der Waals surface area (Å²) < 4.78 is 2.05. The monoisotopic (exact) mass is 387 g/mol. The molecule has 0 radical (unpaired) electrons. The summed E-state index contributed by atoms with van der Waals surface area (Å²) in [6.07, 6.45) is 9.50. The molecule has 4 aliphatic carbocycles. The van der Waals surface area contributed by atoms with Gasteiger partial charge in [0.05, 0.1) is 16.4 Å². The number of benzene rings is 1. The van der Waals surface area contributed by atoms with E-state index in [1.807, 2.05) is 18.2 Å². The van der Waals surface area contributed by atoms with Gasteiger partial charge in [-0.05, 0) is 80.9 Å². The van der Waals surface area contributed by atoms with Crippen LogP contribution in [0.5, 0.6) is 0 Å². The van der Waals surface area contributed by atoms with E-state index in [0.29, 0.717) is 15.5 Å². The second-order valence-electron chi connectivity index (χ2n) is 9.06. The maximum absolute atomic E-state index is 6.52. The number of rotatable bonds is 2. The number of hydrogen-bond acceptors (Lipinski definition) is 2. The average Bonchev–Trinajstić information content (AvgIpc) is 3.16. The fourth-order valence-corrected chi connectivity index (χ4v) is 7.32. The minimum atomic E-state index is 0.314. The molecule has 4 bridgehead atoms. The van der Waals surface area contributed by atoms with Crippen molar-refractivity contribution in [2.75, 3.05) is 11.9 Å². The molecule has 0 saturated heterocycles. The van der Waals surface area contributed by atoms with E-state index in [2.05, 4.69) is 10.00 Å². The summed E-state index contributed by atoms with van der Waals surface area (Å²) in [7, 11) is 0. The summed E-state index contributed by atoms with van der Waals surface area (Å²) in [5, 5.41) is 10.1. The molecule has 26 heavy (non-hydrogen) atoms. The fraction of sp³-hybridized carbons (Fsp3) is 0.571. The van der Waals surface area contributed by atoms with Crippen LogP contribution in [0.3, 0.4) is 0 Å². The van der Waals surface area contributed by atoms with Crippen LogP contribution in [-0.2, 0) is 11.8 Å². The Bertz CT molecular complexity index is 866. The molecule has 5 heteroatoms. The summed E-state index contributed by atoms with van der Waals surface area (Å²) in [6.45, 7) is 0.998. The predicted molar refractivity (Wildman–Crippen MR) is 106 cm³/mol. The van der Waals surface area contributed by atoms with Crippen LogP contribution >= 0.6 is 23.2 Å². The van der Waals surface area contributed by atoms with Crippen LogP contribution < -0.4 is 5.32 Å². The van der Waals surface area contributed by atoms with Crippen molar-refractivity contribution < 1.29 is 0 Å². The minimum Gasteiger partial charge on any atom is -0.369 e. The Balaban J connectivity index is 1.51. The molecule has 4 saturated carbocycles. The number of fused-ring (bicyclic) bond motifs is 1. The van der Waals surface area contributed by atoms with E-state index in [1.54, 1.807) is 0 Å². The summed E-state index contributed by atoms with van der Waals surface area (Å²) in [5.41, 5.74) is 4.06. The number of nitrogens with zero attached hydrogens (tertiary/aromatic N) is 2. The molecule has 4 fully saturated rings. The van der Waals surface area contributed by atoms with Gasteiger partial charge in [0.25, 0.3) is 0 Å². The zero-order chi connectivity index (χ0) is 17.5. The Hall–Kier alpha value is -1.19. The molecular weight excluding hydrogens is 365 g/mol. The maximum Gasteiger partial charge on any atom is 0.133 e. The van der Waals surface area contributed by atoms with Crippen LogP contribution in [-0.4, -0.2) is 16.3 Å². The van der Waals surface area contributed by atoms with Gasteiger partial charge in [0.1, 0.15) is 5.82 Å². The number of anilines is 1. The Kier molecular flexibility index (Phi) is 3.30. The number of aromatic nitrogens is 2. The number of halogens is 2. The zero-order valence-electron chi connectivity index (χ0n) is 14.8. The summed E-state index contributed by atoms with van der Waals surface area (Å²) in [6, 6.07) is 5.70. The molecule has 2 heterocycles. The van der Waals surface area contributed by atoms with E-state index in [1.165, 1.54) is 49.8 Å². The normalized spacial score (nSPS) is 34.2. The van der Waals surface area contributed by atoms with Crippen LogP contribution in [0.25, 0.3) is 5.69 Å². The smallest absolute Gasteiger partial charge is 0.133 e. The Morgan fingerprint density at radius 2 is 1.73 bits per heavy atom. The molecule has 1 N–H and O–H groups in total. The predicted octanol–water partition coefficient (Wildman–Crippen LogP) is 5.61. The molecule has 1 aromatic heterocycles. The first-order valence-corrected chi connectivity index (χ1v) is 10.7. The molecule has 3 nitrogen and oxygen atoms in total. The van der Waals surface area contributed by atoms with E-state index >= 15 is 0 Å². The molecule has 1 aromatic carbocycles. The molecular formula is C21H23Cl2N3. The second kappa shape index (κ2) is 5.42. The van der Waals surface area contributed by atoms with E-state index in [-0.39, 0.29) is 0 Å². The van der Waals surface area contributed by atoms with Crippen LogP contribution in [0.15, 0.2) is 18.2 Å². The lowest BCUT2D eigenvalue weighted by atomic mass is 9.48. The summed E-state index contributed by atoms with van der Waals surface area (Å²) in [5.74, 6) is 3.93. The van der Waals surface area contributed by atoms with Crippen molar-refractivity contribution in [1.82, 2.24) is 9.78 Å². The zero-order valence-corrected chi connectivity index (χ0v) is 16.3. The summed E-state index contributed by atoms with van der Waals surface area (Å²) >= 11 is 12.6. The van der Waals surface area contributed by atoms with Gasteiger partial charge in [-0.3, -0.25) is 0 Å². The third kappa shape index (κ3) is 2.16. The molecule has 5 aliphatic rings. The van der Waals surface area contributed by atoms with Gasteiger partial charge in [0.2, 0.25) is 0 Å². The quantitative estimate of drug-likeness (QED) is 0.724. The second-order valence-corrected chi connectivity index (χ2v) is 9.90. The van der Waals surface area contributed by atoms with Gasteiger partial charge in [-0.2, -0.15) is 5.10 Å². The number of hydrogen-bond donors (Lipinski definition) is 1. The van der Waals surface area contributed by atoms with Crippen molar-refractivity contribution in [2.24, 2.45) is 17.8 Å². The Morgan fingerprint density at radius 1 is 1.04 bits per heavy atom. The molecule has 136 valence electrons. The first kappa shape index (κ1) is 15.8. The average molecular weight is 388 g/mol. The van der Waals surface area contributed by atoms with Crippen molar-refractivity contribution in [3.05, 3.63) is 39.5 Å². The van der Waals surface area contributed by atoms with Crippen LogP contribution in [0, 0.1) is 17.8 Å². The Morgan fingerprint density at radius 3 is 2.38 bits per heavy atom. The first-order chi connectivity index (χ1) is 12.6. The topological polar surface area (TPSA) is 29.9 Å². The van der Waals surface area contributed by atoms with Gasteiger partial charge in [-0.25, -0.2) is 4.68 Å². The number of nitrogens with one attached hydrogen (secondary N) is 1. The molecule has 0 unspecified atom stereocenters. The largest absolute Gasteiger partial charge is 0.369 e. The highest BCUT2D eigenvalue weighted by Gasteiger charge is 2.54. The van der Waals surface area contributed by atoms with Crippen molar-refractivity contribution >= 4 is 29.0 Å². The molecule has 2 aromatic rings. The van der Waals surface area contributed by atoms with Crippen LogP contribution in [0.2, 0.25) is 10.0 Å². The van der Waals surface area contributed by atoms with Crippen molar-refractivity contribution in [3.63, 3.8) is 0 Å². The summed E-state index contributed by atoms with van der Waals surface area (Å²) in [4.78, 5) is 0. The molecule has 0 amide bonds. The highest BCUT2D eigenvalue weighted by molar-refractivity contribution is 6.35. The highest BCUT2D eigenvalue weighted by atomic mass is 35.5. The van der Waals surface area contributed by atoms with Crippen LogP contribution in [0.4, 0.5) is 5.82 Å².